The Morgan fingerprint density at radius 2 is 1.25 bits per heavy atom. The van der Waals surface area contributed by atoms with Gasteiger partial charge in [-0.2, -0.15) is 38.2 Å². The summed E-state index contributed by atoms with van der Waals surface area (Å²) in [6.45, 7) is 4.83. The van der Waals surface area contributed by atoms with E-state index in [1.165, 1.54) is 36.4 Å². The molecule has 2 aromatic carbocycles. The predicted molar refractivity (Wildman–Crippen MR) is 293 cm³/mol. The van der Waals surface area contributed by atoms with E-state index in [4.69, 9.17) is 0 Å². The molecule has 3 aliphatic heterocycles. The Hall–Kier alpha value is -5.92. The number of fused-ring (bicyclic) bond motifs is 2. The van der Waals surface area contributed by atoms with E-state index in [9.17, 15) is 66.3 Å². The lowest BCUT2D eigenvalue weighted by atomic mass is 9.75. The highest BCUT2D eigenvalue weighted by Gasteiger charge is 2.48. The molecule has 19 nitrogen and oxygen atoms in total. The predicted octanol–water partition coefficient (Wildman–Crippen LogP) is 7.42. The molecule has 0 bridgehead atoms. The molecule has 0 spiro atoms. The van der Waals surface area contributed by atoms with Gasteiger partial charge in [-0.1, -0.05) is 80.0 Å². The molecule has 3 amide bonds. The molecule has 416 valence electrons. The largest absolute Gasteiger partial charge is 0.354 e. The Balaban J connectivity index is 1.33. The molecule has 3 heterocycles. The smallest absolute Gasteiger partial charge is 0.294 e. The zero-order valence-electron chi connectivity index (χ0n) is 43.0. The van der Waals surface area contributed by atoms with E-state index in [2.05, 4.69) is 9.89 Å². The minimum Gasteiger partial charge on any atom is -0.354 e. The van der Waals surface area contributed by atoms with Gasteiger partial charge in [0.2, 0.25) is 11.6 Å². The van der Waals surface area contributed by atoms with Crippen LogP contribution in [0.4, 0.5) is 11.4 Å². The monoisotopic (exact) mass is 1140 g/mol. The second-order valence-electron chi connectivity index (χ2n) is 19.7. The highest BCUT2D eigenvalue weighted by molar-refractivity contribution is 7.86. The van der Waals surface area contributed by atoms with Crippen LogP contribution in [-0.4, -0.2) is 122 Å². The molecule has 2 unspecified atom stereocenters. The first-order chi connectivity index (χ1) is 36.2. The minimum absolute atomic E-state index is 0.0412. The molecule has 0 radical (unpaired) electrons. The van der Waals surface area contributed by atoms with Crippen LogP contribution in [0.1, 0.15) is 102 Å². The SMILES string of the molecule is CC1(CCCCS(=O)(=O)O)C(/C=C/C=C/C=C2/N(CCCCCC(=O)NCCN3C(=O)C=CC3=O)c3ccc(S(=O)(=O)O)cc3C2(C)CCCCS(=O)(=O)O)=[N+](CCCC2=C/C=C\C=C/C=C2)c2ccc(S(=O)(=O)O)cc21. The van der Waals surface area contributed by atoms with Crippen LogP contribution in [0.2, 0.25) is 0 Å². The van der Waals surface area contributed by atoms with Gasteiger partial charge in [0.05, 0.1) is 26.7 Å². The summed E-state index contributed by atoms with van der Waals surface area (Å²) in [6.07, 6.45) is 29.9. The lowest BCUT2D eigenvalue weighted by Gasteiger charge is -2.30. The number of carbonyl (C=O) groups is 3. The number of amides is 3. The van der Waals surface area contributed by atoms with Crippen LogP contribution in [0.5, 0.6) is 0 Å². The van der Waals surface area contributed by atoms with Crippen molar-refractivity contribution in [2.45, 2.75) is 112 Å². The van der Waals surface area contributed by atoms with Crippen molar-refractivity contribution >= 4 is 75.3 Å². The fourth-order valence-corrected chi connectivity index (χ4v) is 12.4. The standard InChI is InChI=1S/C54H66N4O15S4/c1-53(31-13-16-37-74(62,63)64)44-39-42(76(68,69)70)25-27-46(44)56(34-15-7-12-24-50(59)55-33-36-58-51(60)29-30-52(58)61)48(53)22-10-6-11-23-49-54(2,32-14-17-38-75(65,66)67)45-40-43(77(71,72)73)26-28-47(45)57(49)35-18-21-41-19-8-4-3-5-9-20-41/h3-6,8-11,19-20,22-23,25-30,39-40H,7,12-18,21,24,31-38H2,1-2H3,(H4-,55,59,62,63,64,65,66,67,68,69,70,71,72,73)/p+1/b4-3-,5-3?,8-4?,9-5-,19-8?,20-9?,41-19?,41-20?. The number of allylic oxidation sites excluding steroid dienone is 14. The molecular formula is C54H67N4O15S4+. The minimum atomic E-state index is -4.66. The summed E-state index contributed by atoms with van der Waals surface area (Å²) in [7, 11) is -17.8. The molecule has 23 heteroatoms. The third kappa shape index (κ3) is 16.3. The Labute approximate surface area is 451 Å². The van der Waals surface area contributed by atoms with Gasteiger partial charge in [0.25, 0.3) is 52.3 Å². The van der Waals surface area contributed by atoms with E-state index in [-0.39, 0.29) is 48.1 Å². The molecule has 0 fully saturated rings. The molecule has 4 aliphatic rings. The molecule has 2 atom stereocenters. The maximum Gasteiger partial charge on any atom is 0.294 e. The van der Waals surface area contributed by atoms with Crippen molar-refractivity contribution in [3.8, 4) is 0 Å². The highest BCUT2D eigenvalue weighted by Crippen LogP contribution is 2.52. The number of nitrogens with zero attached hydrogens (tertiary/aromatic N) is 3. The zero-order valence-corrected chi connectivity index (χ0v) is 46.3. The number of nitrogens with one attached hydrogen (secondary N) is 1. The van der Waals surface area contributed by atoms with Gasteiger partial charge in [-0.25, -0.2) is 0 Å². The Kier molecular flexibility index (Phi) is 20.1. The summed E-state index contributed by atoms with van der Waals surface area (Å²) in [5.74, 6) is -2.10. The van der Waals surface area contributed by atoms with Gasteiger partial charge in [-0.3, -0.25) is 37.5 Å². The summed E-state index contributed by atoms with van der Waals surface area (Å²) < 4.78 is 138. The van der Waals surface area contributed by atoms with Crippen molar-refractivity contribution in [2.75, 3.05) is 42.6 Å². The van der Waals surface area contributed by atoms with Crippen LogP contribution >= 0.6 is 0 Å². The second kappa shape index (κ2) is 25.7. The Morgan fingerprint density at radius 1 is 0.636 bits per heavy atom. The fourth-order valence-electron chi connectivity index (χ4n) is 10.3. The van der Waals surface area contributed by atoms with Crippen molar-refractivity contribution < 1.29 is 70.8 Å². The van der Waals surface area contributed by atoms with Crippen LogP contribution in [0.3, 0.4) is 0 Å². The van der Waals surface area contributed by atoms with Crippen molar-refractivity contribution in [3.05, 3.63) is 144 Å². The van der Waals surface area contributed by atoms with Crippen LogP contribution in [-0.2, 0) is 65.7 Å². The highest BCUT2D eigenvalue weighted by atomic mass is 32.2. The summed E-state index contributed by atoms with van der Waals surface area (Å²) in [5, 5.41) is 2.74. The average Bonchev–Trinajstić information content (AvgIpc) is 3.87. The Morgan fingerprint density at radius 3 is 1.90 bits per heavy atom. The first kappa shape index (κ1) is 60.3. The lowest BCUT2D eigenvalue weighted by Crippen LogP contribution is -2.38. The van der Waals surface area contributed by atoms with E-state index in [0.717, 1.165) is 16.2 Å². The summed E-state index contributed by atoms with van der Waals surface area (Å²) >= 11 is 0. The number of benzene rings is 2. The molecular weight excluding hydrogens is 1070 g/mol. The van der Waals surface area contributed by atoms with E-state index >= 15 is 0 Å². The summed E-state index contributed by atoms with van der Waals surface area (Å²) in [6, 6.07) is 8.72. The number of carbonyl (C=O) groups excluding carboxylic acids is 3. The van der Waals surface area contributed by atoms with Crippen molar-refractivity contribution in [2.24, 2.45) is 0 Å². The summed E-state index contributed by atoms with van der Waals surface area (Å²) in [5.41, 5.74) is 3.16. The van der Waals surface area contributed by atoms with Crippen LogP contribution in [0, 0.1) is 0 Å². The molecule has 0 saturated carbocycles. The van der Waals surface area contributed by atoms with Gasteiger partial charge in [0.1, 0.15) is 6.54 Å². The van der Waals surface area contributed by atoms with Crippen molar-refractivity contribution in [1.29, 1.82) is 0 Å². The van der Waals surface area contributed by atoms with Crippen LogP contribution in [0.15, 0.2) is 143 Å². The molecule has 0 aromatic heterocycles. The third-order valence-electron chi connectivity index (χ3n) is 14.2. The van der Waals surface area contributed by atoms with E-state index in [0.29, 0.717) is 99.1 Å². The quantitative estimate of drug-likeness (QED) is 0.0182. The fraction of sp³-hybridized carbons (Fsp3) is 0.407. The van der Waals surface area contributed by atoms with Gasteiger partial charge in [0.15, 0.2) is 5.71 Å². The number of anilines is 1. The summed E-state index contributed by atoms with van der Waals surface area (Å²) in [4.78, 5) is 38.8. The Bertz CT molecular complexity index is 3330. The topological polar surface area (TPSA) is 290 Å². The number of rotatable bonds is 28. The molecule has 5 N–H and O–H groups in total. The van der Waals surface area contributed by atoms with Gasteiger partial charge < -0.3 is 10.2 Å². The van der Waals surface area contributed by atoms with Gasteiger partial charge >= 0.3 is 0 Å². The van der Waals surface area contributed by atoms with E-state index < -0.39 is 74.6 Å². The van der Waals surface area contributed by atoms with Crippen LogP contribution in [0.25, 0.3) is 0 Å². The van der Waals surface area contributed by atoms with Crippen molar-refractivity contribution in [1.82, 2.24) is 10.2 Å². The van der Waals surface area contributed by atoms with Gasteiger partial charge in [-0.05, 0) is 106 Å². The van der Waals surface area contributed by atoms with Gasteiger partial charge in [-0.15, -0.1) is 0 Å². The van der Waals surface area contributed by atoms with E-state index in [1.54, 1.807) is 30.4 Å². The maximum absolute atomic E-state index is 12.7. The van der Waals surface area contributed by atoms with Crippen LogP contribution < -0.4 is 10.2 Å². The lowest BCUT2D eigenvalue weighted by molar-refractivity contribution is -0.438. The normalized spacial score (nSPS) is 21.1. The number of imide groups is 1. The van der Waals surface area contributed by atoms with Gasteiger partial charge in [0, 0.05) is 79.1 Å². The zero-order chi connectivity index (χ0) is 56.2. The number of hydrogen-bond donors (Lipinski definition) is 5. The molecule has 77 heavy (non-hydrogen) atoms. The number of hydrogen-bond acceptors (Lipinski definition) is 12. The molecule has 0 saturated heterocycles. The van der Waals surface area contributed by atoms with E-state index in [1.807, 2.05) is 73.4 Å². The third-order valence-corrected chi connectivity index (χ3v) is 17.5. The maximum atomic E-state index is 12.7. The molecule has 2 aromatic rings. The second-order valence-corrected chi connectivity index (χ2v) is 25.7. The first-order valence-electron chi connectivity index (χ1n) is 25.3. The van der Waals surface area contributed by atoms with Crippen molar-refractivity contribution in [3.63, 3.8) is 0 Å². The average molecular weight is 1140 g/mol. The first-order valence-corrected chi connectivity index (χ1v) is 31.4. The number of unbranched alkanes of at least 4 members (excludes halogenated alkanes) is 4. The molecule has 1 aliphatic carbocycles. The molecule has 6 rings (SSSR count).